The highest BCUT2D eigenvalue weighted by molar-refractivity contribution is 6.15. The number of phenolic OH excluding ortho intramolecular Hbond substituents is 1. The minimum Gasteiger partial charge on any atom is -0.507 e. The fourth-order valence-electron chi connectivity index (χ4n) is 4.56. The highest BCUT2D eigenvalue weighted by atomic mass is 16.5. The molecule has 0 atom stereocenters. The normalized spacial score (nSPS) is 22.4. The maximum atomic E-state index is 13.0. The van der Waals surface area contributed by atoms with Gasteiger partial charge >= 0.3 is 0 Å². The number of benzene rings is 2. The fraction of sp³-hybridized carbons (Fsp3) is 0.292. The van der Waals surface area contributed by atoms with Crippen molar-refractivity contribution in [3.8, 4) is 11.5 Å². The molecule has 3 heterocycles. The number of hydrogen-bond acceptors (Lipinski definition) is 3. The van der Waals surface area contributed by atoms with E-state index in [9.17, 15) is 9.90 Å². The number of Topliss-reactive ketones (excluding diaryl/α,β-unsaturated/α-hetero) is 1. The van der Waals surface area contributed by atoms with Gasteiger partial charge in [0.25, 0.3) is 0 Å². The molecule has 1 aromatic heterocycles. The third-order valence-corrected chi connectivity index (χ3v) is 6.42. The Labute approximate surface area is 175 Å². The summed E-state index contributed by atoms with van der Waals surface area (Å²) in [6.45, 7) is 8.41. The number of likely N-dealkylation sites (N-methyl/N-ethyl adjacent to an activating group) is 1. The first-order chi connectivity index (χ1) is 14.6. The van der Waals surface area contributed by atoms with Crippen LogP contribution in [-0.4, -0.2) is 48.6 Å². The summed E-state index contributed by atoms with van der Waals surface area (Å²) in [4.78, 5) is 19.3. The maximum absolute atomic E-state index is 13.0. The number of H-pyrrole nitrogens is 1. The first-order valence-corrected chi connectivity index (χ1v) is 10.7. The van der Waals surface area contributed by atoms with Crippen molar-refractivity contribution in [2.24, 2.45) is 0 Å². The van der Waals surface area contributed by atoms with E-state index in [2.05, 4.69) is 11.9 Å². The smallest absolute Gasteiger partial charge is 0.231 e. The number of para-hydroxylation sites is 1. The van der Waals surface area contributed by atoms with Gasteiger partial charge in [0, 0.05) is 22.7 Å². The van der Waals surface area contributed by atoms with Crippen molar-refractivity contribution in [3.05, 3.63) is 65.0 Å². The van der Waals surface area contributed by atoms with Gasteiger partial charge in [0.1, 0.15) is 38.5 Å². The molecule has 0 bridgehead atoms. The molecular weight excluding hydrogens is 378 g/mol. The molecule has 2 aliphatic rings. The van der Waals surface area contributed by atoms with Gasteiger partial charge in [-0.05, 0) is 31.2 Å². The van der Waals surface area contributed by atoms with Gasteiger partial charge < -0.3 is 24.6 Å². The second-order valence-electron chi connectivity index (χ2n) is 8.20. The summed E-state index contributed by atoms with van der Waals surface area (Å²) in [7, 11) is 0. The van der Waals surface area contributed by atoms with E-state index in [1.165, 1.54) is 4.90 Å². The number of ether oxygens (including phenoxy) is 1. The van der Waals surface area contributed by atoms with Crippen LogP contribution in [0.1, 0.15) is 28.4 Å². The summed E-state index contributed by atoms with van der Waals surface area (Å²) < 4.78 is 6.06. The molecule has 0 radical (unpaired) electrons. The number of allylic oxidation sites excluding steroid dienone is 1. The Balaban J connectivity index is 1.44. The van der Waals surface area contributed by atoms with Crippen LogP contribution < -0.4 is 14.5 Å². The predicted octanol–water partition coefficient (Wildman–Crippen LogP) is 0.793. The number of aromatic hydroxyl groups is 1. The number of piperazine rings is 1. The van der Waals surface area contributed by atoms with E-state index in [1.54, 1.807) is 23.1 Å². The third kappa shape index (κ3) is 3.28. The Bertz CT molecular complexity index is 1140. The van der Waals surface area contributed by atoms with Crippen molar-refractivity contribution in [1.82, 2.24) is 4.98 Å². The van der Waals surface area contributed by atoms with Crippen molar-refractivity contribution < 1.29 is 24.4 Å². The maximum Gasteiger partial charge on any atom is 0.231 e. The second kappa shape index (κ2) is 7.63. The Morgan fingerprint density at radius 3 is 2.67 bits per heavy atom. The highest BCUT2D eigenvalue weighted by Gasteiger charge is 2.33. The number of aromatic amines is 1. The van der Waals surface area contributed by atoms with Crippen LogP contribution in [0.2, 0.25) is 0 Å². The molecule has 4 N–H and O–H groups in total. The molecule has 0 unspecified atom stereocenters. The van der Waals surface area contributed by atoms with Gasteiger partial charge in [-0.25, -0.2) is 0 Å². The lowest BCUT2D eigenvalue weighted by molar-refractivity contribution is -1.02. The minimum absolute atomic E-state index is 0.133. The molecule has 0 aliphatic carbocycles. The molecule has 3 aromatic rings. The number of aromatic nitrogens is 1. The van der Waals surface area contributed by atoms with Crippen LogP contribution in [0.25, 0.3) is 17.0 Å². The van der Waals surface area contributed by atoms with Crippen LogP contribution in [-0.2, 0) is 6.54 Å². The van der Waals surface area contributed by atoms with Crippen LogP contribution in [0.4, 0.5) is 0 Å². The lowest BCUT2D eigenvalue weighted by Crippen LogP contribution is -3.27. The topological polar surface area (TPSA) is 71.2 Å². The molecule has 2 aromatic carbocycles. The predicted molar refractivity (Wildman–Crippen MR) is 115 cm³/mol. The minimum atomic E-state index is -0.133. The number of ketones is 1. The zero-order valence-corrected chi connectivity index (χ0v) is 17.1. The van der Waals surface area contributed by atoms with Crippen LogP contribution in [0.15, 0.2) is 48.4 Å². The lowest BCUT2D eigenvalue weighted by Gasteiger charge is -2.29. The summed E-state index contributed by atoms with van der Waals surface area (Å²) in [6, 6.07) is 11.3. The molecule has 6 heteroatoms. The molecule has 0 amide bonds. The highest BCUT2D eigenvalue weighted by Crippen LogP contribution is 2.39. The first kappa shape index (κ1) is 18.9. The molecule has 1 saturated heterocycles. The summed E-state index contributed by atoms with van der Waals surface area (Å²) >= 11 is 0. The molecule has 5 rings (SSSR count). The van der Waals surface area contributed by atoms with E-state index in [4.69, 9.17) is 4.74 Å². The van der Waals surface area contributed by atoms with Crippen LogP contribution >= 0.6 is 0 Å². The van der Waals surface area contributed by atoms with Crippen molar-refractivity contribution in [3.63, 3.8) is 0 Å². The number of nitrogens with one attached hydrogen (secondary N) is 3. The van der Waals surface area contributed by atoms with Gasteiger partial charge in [-0.3, -0.25) is 4.79 Å². The Kier molecular flexibility index (Phi) is 4.81. The van der Waals surface area contributed by atoms with E-state index in [0.29, 0.717) is 23.6 Å². The molecular formula is C24H27N3O3+2. The first-order valence-electron chi connectivity index (χ1n) is 10.7. The fourth-order valence-corrected chi connectivity index (χ4v) is 4.56. The van der Waals surface area contributed by atoms with E-state index in [1.807, 2.05) is 30.5 Å². The zero-order valence-electron chi connectivity index (χ0n) is 17.1. The molecule has 30 heavy (non-hydrogen) atoms. The van der Waals surface area contributed by atoms with Crippen LogP contribution in [0.3, 0.4) is 0 Å². The Hall–Kier alpha value is -3.09. The summed E-state index contributed by atoms with van der Waals surface area (Å²) in [5.41, 5.74) is 3.20. The lowest BCUT2D eigenvalue weighted by atomic mass is 10.0. The SMILES string of the molecule is CC[NH+]1CC[NH+](Cc2c(O)ccc3c2O/C(=C/c2c[nH]c4ccccc24)C3=O)CC1. The number of hydrogen-bond donors (Lipinski definition) is 4. The zero-order chi connectivity index (χ0) is 20.7. The van der Waals surface area contributed by atoms with Gasteiger partial charge in [-0.15, -0.1) is 0 Å². The molecule has 2 aliphatic heterocycles. The van der Waals surface area contributed by atoms with E-state index >= 15 is 0 Å². The molecule has 1 fully saturated rings. The van der Waals surface area contributed by atoms with Crippen molar-refractivity contribution >= 4 is 22.8 Å². The number of phenols is 1. The quantitative estimate of drug-likeness (QED) is 0.485. The summed E-state index contributed by atoms with van der Waals surface area (Å²) in [5, 5.41) is 11.6. The molecule has 154 valence electrons. The number of rotatable bonds is 4. The van der Waals surface area contributed by atoms with Crippen molar-refractivity contribution in [2.45, 2.75) is 13.5 Å². The number of fused-ring (bicyclic) bond motifs is 2. The average molecular weight is 405 g/mol. The second-order valence-corrected chi connectivity index (χ2v) is 8.20. The number of carbonyl (C=O) groups is 1. The average Bonchev–Trinajstić information content (AvgIpc) is 3.32. The summed E-state index contributed by atoms with van der Waals surface area (Å²) in [6.07, 6.45) is 3.67. The number of carbonyl (C=O) groups excluding carboxylic acids is 1. The molecule has 0 saturated carbocycles. The van der Waals surface area contributed by atoms with Crippen LogP contribution in [0.5, 0.6) is 11.5 Å². The van der Waals surface area contributed by atoms with Crippen molar-refractivity contribution in [1.29, 1.82) is 0 Å². The standard InChI is InChI=1S/C24H25N3O3/c1-2-26-9-11-27(12-10-26)15-19-21(28)8-7-18-23(29)22(30-24(18)19)13-16-14-25-20-6-4-3-5-17(16)20/h3-8,13-14,25,28H,2,9-12,15H2,1H3/p+2/b22-13+. The van der Waals surface area contributed by atoms with Gasteiger partial charge in [0.2, 0.25) is 5.78 Å². The molecule has 6 nitrogen and oxygen atoms in total. The summed E-state index contributed by atoms with van der Waals surface area (Å²) in [5.74, 6) is 0.889. The van der Waals surface area contributed by atoms with E-state index in [-0.39, 0.29) is 11.5 Å². The third-order valence-electron chi connectivity index (χ3n) is 6.42. The Morgan fingerprint density at radius 1 is 1.10 bits per heavy atom. The Morgan fingerprint density at radius 2 is 1.87 bits per heavy atom. The van der Waals surface area contributed by atoms with Crippen molar-refractivity contribution in [2.75, 3.05) is 32.7 Å². The van der Waals surface area contributed by atoms with Crippen LogP contribution in [0, 0.1) is 0 Å². The monoisotopic (exact) mass is 405 g/mol. The van der Waals surface area contributed by atoms with E-state index < -0.39 is 0 Å². The van der Waals surface area contributed by atoms with Gasteiger partial charge in [-0.2, -0.15) is 0 Å². The van der Waals surface area contributed by atoms with Gasteiger partial charge in [0.15, 0.2) is 11.5 Å². The number of quaternary nitrogens is 2. The van der Waals surface area contributed by atoms with Gasteiger partial charge in [0.05, 0.1) is 17.7 Å². The van der Waals surface area contributed by atoms with Gasteiger partial charge in [-0.1, -0.05) is 18.2 Å². The van der Waals surface area contributed by atoms with E-state index in [0.717, 1.165) is 54.8 Å². The largest absolute Gasteiger partial charge is 0.507 e. The molecule has 0 spiro atoms.